The molecule has 9 heteroatoms. The molecule has 2 aromatic carbocycles. The number of alkyl halides is 2. The second kappa shape index (κ2) is 9.34. The number of ether oxygens (including phenoxy) is 2. The molecule has 0 spiro atoms. The standard InChI is InChI=1S/C21H20F3N3O3/c1-3-29-18-11-14(8-9-17(18)30-21(23)24)20(28)25-19-10-13(2)27(26-19)12-15-6-4-5-7-16(15)22/h4-11,21H,3,12H2,1-2H3,(H,25,26,28). The van der Waals surface area contributed by atoms with Crippen molar-refractivity contribution in [3.63, 3.8) is 0 Å². The van der Waals surface area contributed by atoms with E-state index in [1.54, 1.807) is 42.8 Å². The first-order valence-corrected chi connectivity index (χ1v) is 9.18. The highest BCUT2D eigenvalue weighted by Crippen LogP contribution is 2.30. The average molecular weight is 419 g/mol. The molecule has 3 rings (SSSR count). The van der Waals surface area contributed by atoms with Crippen LogP contribution in [0.2, 0.25) is 0 Å². The number of hydrogen-bond acceptors (Lipinski definition) is 4. The van der Waals surface area contributed by atoms with Crippen LogP contribution in [0.1, 0.15) is 28.5 Å². The summed E-state index contributed by atoms with van der Waals surface area (Å²) in [7, 11) is 0. The van der Waals surface area contributed by atoms with Gasteiger partial charge in [0.2, 0.25) is 0 Å². The van der Waals surface area contributed by atoms with Crippen LogP contribution < -0.4 is 14.8 Å². The molecule has 30 heavy (non-hydrogen) atoms. The van der Waals surface area contributed by atoms with Gasteiger partial charge in [-0.15, -0.1) is 0 Å². The van der Waals surface area contributed by atoms with E-state index in [1.165, 1.54) is 24.3 Å². The summed E-state index contributed by atoms with van der Waals surface area (Å²) in [5.74, 6) is -0.692. The van der Waals surface area contributed by atoms with Gasteiger partial charge in [0.15, 0.2) is 17.3 Å². The second-order valence-corrected chi connectivity index (χ2v) is 6.35. The van der Waals surface area contributed by atoms with Crippen molar-refractivity contribution in [2.45, 2.75) is 27.0 Å². The normalized spacial score (nSPS) is 10.9. The third-order valence-corrected chi connectivity index (χ3v) is 4.22. The van der Waals surface area contributed by atoms with Crippen molar-refractivity contribution < 1.29 is 27.4 Å². The maximum atomic E-state index is 13.9. The van der Waals surface area contributed by atoms with E-state index in [2.05, 4.69) is 15.2 Å². The molecule has 0 bridgehead atoms. The van der Waals surface area contributed by atoms with E-state index in [-0.39, 0.29) is 41.8 Å². The molecule has 1 heterocycles. The highest BCUT2D eigenvalue weighted by molar-refractivity contribution is 6.04. The summed E-state index contributed by atoms with van der Waals surface area (Å²) < 4.78 is 50.2. The van der Waals surface area contributed by atoms with Gasteiger partial charge in [0.05, 0.1) is 13.2 Å². The Hall–Kier alpha value is -3.49. The lowest BCUT2D eigenvalue weighted by Gasteiger charge is -2.12. The molecular weight excluding hydrogens is 399 g/mol. The highest BCUT2D eigenvalue weighted by atomic mass is 19.3. The van der Waals surface area contributed by atoms with E-state index >= 15 is 0 Å². The molecule has 0 aliphatic rings. The minimum absolute atomic E-state index is 0.0340. The van der Waals surface area contributed by atoms with Crippen LogP contribution in [-0.4, -0.2) is 28.9 Å². The second-order valence-electron chi connectivity index (χ2n) is 6.35. The SMILES string of the molecule is CCOc1cc(C(=O)Nc2cc(C)n(Cc3ccccc3F)n2)ccc1OC(F)F. The van der Waals surface area contributed by atoms with Gasteiger partial charge in [0.1, 0.15) is 5.82 Å². The number of carbonyl (C=O) groups excluding carboxylic acids is 1. The molecule has 1 amide bonds. The predicted octanol–water partition coefficient (Wildman–Crippen LogP) is 4.63. The van der Waals surface area contributed by atoms with Gasteiger partial charge in [0, 0.05) is 22.9 Å². The van der Waals surface area contributed by atoms with Gasteiger partial charge >= 0.3 is 6.61 Å². The number of carbonyl (C=O) groups is 1. The number of aryl methyl sites for hydroxylation is 1. The smallest absolute Gasteiger partial charge is 0.387 e. The number of rotatable bonds is 8. The Morgan fingerprint density at radius 2 is 1.93 bits per heavy atom. The maximum Gasteiger partial charge on any atom is 0.387 e. The zero-order valence-electron chi connectivity index (χ0n) is 16.4. The van der Waals surface area contributed by atoms with E-state index in [0.29, 0.717) is 5.56 Å². The van der Waals surface area contributed by atoms with E-state index in [1.807, 2.05) is 0 Å². The molecule has 0 fully saturated rings. The van der Waals surface area contributed by atoms with Crippen LogP contribution in [-0.2, 0) is 6.54 Å². The number of halogens is 3. The molecule has 6 nitrogen and oxygen atoms in total. The van der Waals surface area contributed by atoms with Crippen molar-refractivity contribution in [1.29, 1.82) is 0 Å². The molecule has 0 unspecified atom stereocenters. The van der Waals surface area contributed by atoms with Crippen molar-refractivity contribution >= 4 is 11.7 Å². The number of hydrogen-bond donors (Lipinski definition) is 1. The largest absolute Gasteiger partial charge is 0.490 e. The summed E-state index contributed by atoms with van der Waals surface area (Å²) in [4.78, 5) is 12.6. The first-order chi connectivity index (χ1) is 14.4. The Kier molecular flexibility index (Phi) is 6.61. The summed E-state index contributed by atoms with van der Waals surface area (Å²) in [5, 5.41) is 6.93. The first kappa shape index (κ1) is 21.2. The lowest BCUT2D eigenvalue weighted by Crippen LogP contribution is -2.14. The van der Waals surface area contributed by atoms with E-state index in [4.69, 9.17) is 4.74 Å². The fourth-order valence-electron chi connectivity index (χ4n) is 2.82. The van der Waals surface area contributed by atoms with Gasteiger partial charge in [-0.2, -0.15) is 13.9 Å². The Bertz CT molecular complexity index is 1040. The van der Waals surface area contributed by atoms with Crippen molar-refractivity contribution in [1.82, 2.24) is 9.78 Å². The zero-order valence-corrected chi connectivity index (χ0v) is 16.4. The van der Waals surface area contributed by atoms with Gasteiger partial charge in [0.25, 0.3) is 5.91 Å². The van der Waals surface area contributed by atoms with Gasteiger partial charge in [-0.05, 0) is 38.1 Å². The Labute approximate surface area is 171 Å². The summed E-state index contributed by atoms with van der Waals surface area (Å²) >= 11 is 0. The number of benzene rings is 2. The van der Waals surface area contributed by atoms with E-state index < -0.39 is 12.5 Å². The molecule has 158 valence electrons. The Balaban J connectivity index is 1.76. The molecule has 0 saturated carbocycles. The molecule has 1 aromatic heterocycles. The third-order valence-electron chi connectivity index (χ3n) is 4.22. The van der Waals surface area contributed by atoms with Crippen LogP contribution >= 0.6 is 0 Å². The molecule has 0 aliphatic heterocycles. The zero-order chi connectivity index (χ0) is 21.7. The number of nitrogens with one attached hydrogen (secondary N) is 1. The lowest BCUT2D eigenvalue weighted by molar-refractivity contribution is -0.0514. The van der Waals surface area contributed by atoms with Crippen LogP contribution in [0.3, 0.4) is 0 Å². The monoisotopic (exact) mass is 419 g/mol. The highest BCUT2D eigenvalue weighted by Gasteiger charge is 2.16. The maximum absolute atomic E-state index is 13.9. The minimum Gasteiger partial charge on any atom is -0.490 e. The Morgan fingerprint density at radius 1 is 1.17 bits per heavy atom. The van der Waals surface area contributed by atoms with Gasteiger partial charge in [-0.25, -0.2) is 4.39 Å². The molecule has 0 saturated heterocycles. The van der Waals surface area contributed by atoms with Crippen molar-refractivity contribution in [3.05, 3.63) is 71.2 Å². The number of anilines is 1. The molecular formula is C21H20F3N3O3. The summed E-state index contributed by atoms with van der Waals surface area (Å²) in [5.41, 5.74) is 1.38. The van der Waals surface area contributed by atoms with Crippen LogP contribution in [0.5, 0.6) is 11.5 Å². The van der Waals surface area contributed by atoms with Crippen LogP contribution in [0.15, 0.2) is 48.5 Å². The quantitative estimate of drug-likeness (QED) is 0.578. The van der Waals surface area contributed by atoms with Crippen molar-refractivity contribution in [3.8, 4) is 11.5 Å². The third kappa shape index (κ3) is 5.11. The Morgan fingerprint density at radius 3 is 2.63 bits per heavy atom. The van der Waals surface area contributed by atoms with Gasteiger partial charge in [-0.1, -0.05) is 18.2 Å². The number of aromatic nitrogens is 2. The van der Waals surface area contributed by atoms with Crippen LogP contribution in [0.25, 0.3) is 0 Å². The van der Waals surface area contributed by atoms with E-state index in [0.717, 1.165) is 5.69 Å². The fraction of sp³-hybridized carbons (Fsp3) is 0.238. The number of amides is 1. The van der Waals surface area contributed by atoms with E-state index in [9.17, 15) is 18.0 Å². The molecule has 0 radical (unpaired) electrons. The summed E-state index contributed by atoms with van der Waals surface area (Å²) in [6, 6.07) is 11.9. The van der Waals surface area contributed by atoms with Crippen molar-refractivity contribution in [2.75, 3.05) is 11.9 Å². The molecule has 0 aliphatic carbocycles. The molecule has 0 atom stereocenters. The minimum atomic E-state index is -3.01. The lowest BCUT2D eigenvalue weighted by atomic mass is 10.2. The summed E-state index contributed by atoms with van der Waals surface area (Å²) in [6.45, 7) is 0.884. The average Bonchev–Trinajstić information content (AvgIpc) is 3.03. The number of nitrogens with zero attached hydrogens (tertiary/aromatic N) is 2. The topological polar surface area (TPSA) is 65.4 Å². The van der Waals surface area contributed by atoms with Gasteiger partial charge in [-0.3, -0.25) is 9.48 Å². The van der Waals surface area contributed by atoms with Crippen LogP contribution in [0.4, 0.5) is 19.0 Å². The fourth-order valence-corrected chi connectivity index (χ4v) is 2.82. The van der Waals surface area contributed by atoms with Crippen LogP contribution in [0, 0.1) is 12.7 Å². The van der Waals surface area contributed by atoms with Gasteiger partial charge < -0.3 is 14.8 Å². The summed E-state index contributed by atoms with van der Waals surface area (Å²) in [6.07, 6.45) is 0. The molecule has 3 aromatic rings. The predicted molar refractivity (Wildman–Crippen MR) is 105 cm³/mol. The first-order valence-electron chi connectivity index (χ1n) is 9.18. The molecule has 1 N–H and O–H groups in total. The van der Waals surface area contributed by atoms with Crippen molar-refractivity contribution in [2.24, 2.45) is 0 Å².